The number of rotatable bonds is 7. The number of carbonyl (C=O) groups is 1. The fraction of sp³-hybridized carbons (Fsp3) is 0.533. The SMILES string of the molecule is Cc1cccc(NC(=O)NCC(O)COCC2CC2)c1Cl. The van der Waals surface area contributed by atoms with E-state index in [4.69, 9.17) is 16.3 Å². The van der Waals surface area contributed by atoms with Crippen molar-refractivity contribution in [3.05, 3.63) is 28.8 Å². The van der Waals surface area contributed by atoms with Gasteiger partial charge in [0.05, 0.1) is 23.4 Å². The van der Waals surface area contributed by atoms with E-state index in [0.717, 1.165) is 5.56 Å². The second-order valence-electron chi connectivity index (χ2n) is 5.41. The molecule has 0 saturated heterocycles. The quantitative estimate of drug-likeness (QED) is 0.724. The van der Waals surface area contributed by atoms with Gasteiger partial charge >= 0.3 is 6.03 Å². The van der Waals surface area contributed by atoms with Crippen LogP contribution in [0.3, 0.4) is 0 Å². The van der Waals surface area contributed by atoms with E-state index in [1.54, 1.807) is 6.07 Å². The molecule has 1 unspecified atom stereocenters. The number of hydrogen-bond donors (Lipinski definition) is 3. The Balaban J connectivity index is 1.67. The monoisotopic (exact) mass is 312 g/mol. The maximum Gasteiger partial charge on any atom is 0.319 e. The number of nitrogens with one attached hydrogen (secondary N) is 2. The Kier molecular flexibility index (Phi) is 5.85. The van der Waals surface area contributed by atoms with Crippen molar-refractivity contribution in [2.24, 2.45) is 5.92 Å². The number of halogens is 1. The Labute approximate surface area is 129 Å². The molecule has 1 aliphatic rings. The van der Waals surface area contributed by atoms with Crippen LogP contribution in [0.5, 0.6) is 0 Å². The molecule has 0 spiro atoms. The summed E-state index contributed by atoms with van der Waals surface area (Å²) >= 11 is 6.09. The van der Waals surface area contributed by atoms with Crippen LogP contribution < -0.4 is 10.6 Å². The van der Waals surface area contributed by atoms with Gasteiger partial charge in [-0.15, -0.1) is 0 Å². The average molecular weight is 313 g/mol. The average Bonchev–Trinajstić information content (AvgIpc) is 3.26. The number of hydrogen-bond acceptors (Lipinski definition) is 3. The van der Waals surface area contributed by atoms with Gasteiger partial charge in [0.2, 0.25) is 0 Å². The summed E-state index contributed by atoms with van der Waals surface area (Å²) in [6, 6.07) is 5.01. The molecule has 1 atom stereocenters. The number of ether oxygens (including phenoxy) is 1. The van der Waals surface area contributed by atoms with Gasteiger partial charge in [-0.3, -0.25) is 0 Å². The van der Waals surface area contributed by atoms with E-state index in [9.17, 15) is 9.90 Å². The van der Waals surface area contributed by atoms with E-state index < -0.39 is 12.1 Å². The second-order valence-corrected chi connectivity index (χ2v) is 5.78. The molecule has 0 aliphatic heterocycles. The van der Waals surface area contributed by atoms with Crippen molar-refractivity contribution in [3.63, 3.8) is 0 Å². The molecule has 116 valence electrons. The first-order chi connectivity index (χ1) is 10.1. The minimum atomic E-state index is -0.706. The van der Waals surface area contributed by atoms with Gasteiger partial charge in [-0.25, -0.2) is 4.79 Å². The van der Waals surface area contributed by atoms with Crippen LogP contribution in [0.1, 0.15) is 18.4 Å². The van der Waals surface area contributed by atoms with E-state index >= 15 is 0 Å². The molecular formula is C15H21ClN2O3. The topological polar surface area (TPSA) is 70.6 Å². The fourth-order valence-corrected chi connectivity index (χ4v) is 2.01. The summed E-state index contributed by atoms with van der Waals surface area (Å²) in [7, 11) is 0. The third-order valence-corrected chi connectivity index (χ3v) is 3.80. The van der Waals surface area contributed by atoms with Gasteiger partial charge in [0.1, 0.15) is 0 Å². The molecule has 1 aromatic rings. The normalized spacial score (nSPS) is 15.6. The van der Waals surface area contributed by atoms with Crippen molar-refractivity contribution in [1.82, 2.24) is 5.32 Å². The Morgan fingerprint density at radius 2 is 2.29 bits per heavy atom. The number of urea groups is 1. The lowest BCUT2D eigenvalue weighted by Gasteiger charge is -2.14. The number of aliphatic hydroxyl groups is 1. The highest BCUT2D eigenvalue weighted by Crippen LogP contribution is 2.28. The minimum absolute atomic E-state index is 0.139. The smallest absolute Gasteiger partial charge is 0.319 e. The lowest BCUT2D eigenvalue weighted by Crippen LogP contribution is -2.37. The van der Waals surface area contributed by atoms with Crippen LogP contribution in [-0.4, -0.2) is 37.0 Å². The summed E-state index contributed by atoms with van der Waals surface area (Å²) in [5, 5.41) is 15.5. The van der Waals surface area contributed by atoms with Crippen molar-refractivity contribution < 1.29 is 14.6 Å². The van der Waals surface area contributed by atoms with Crippen LogP contribution in [0.25, 0.3) is 0 Å². The van der Waals surface area contributed by atoms with E-state index in [2.05, 4.69) is 10.6 Å². The Morgan fingerprint density at radius 1 is 1.52 bits per heavy atom. The molecule has 6 heteroatoms. The van der Waals surface area contributed by atoms with Crippen LogP contribution >= 0.6 is 11.6 Å². The first-order valence-corrected chi connectivity index (χ1v) is 7.50. The first kappa shape index (κ1) is 16.1. The molecule has 1 saturated carbocycles. The van der Waals surface area contributed by atoms with E-state index in [1.165, 1.54) is 12.8 Å². The largest absolute Gasteiger partial charge is 0.389 e. The maximum absolute atomic E-state index is 11.7. The molecule has 0 radical (unpaired) electrons. The molecule has 2 rings (SSSR count). The molecule has 0 heterocycles. The van der Waals surface area contributed by atoms with Gasteiger partial charge < -0.3 is 20.5 Å². The summed E-state index contributed by atoms with van der Waals surface area (Å²) in [6.45, 7) is 2.94. The van der Waals surface area contributed by atoms with Gasteiger partial charge in [-0.1, -0.05) is 23.7 Å². The summed E-state index contributed by atoms with van der Waals surface area (Å²) < 4.78 is 5.36. The number of aryl methyl sites for hydroxylation is 1. The lowest BCUT2D eigenvalue weighted by molar-refractivity contribution is 0.0339. The van der Waals surface area contributed by atoms with Crippen LogP contribution in [0.15, 0.2) is 18.2 Å². The van der Waals surface area contributed by atoms with E-state index in [0.29, 0.717) is 23.2 Å². The first-order valence-electron chi connectivity index (χ1n) is 7.12. The van der Waals surface area contributed by atoms with Crippen molar-refractivity contribution in [1.29, 1.82) is 0 Å². The molecule has 1 fully saturated rings. The molecule has 3 N–H and O–H groups in total. The summed E-state index contributed by atoms with van der Waals surface area (Å²) in [6.07, 6.45) is 1.73. The summed E-state index contributed by atoms with van der Waals surface area (Å²) in [5.74, 6) is 0.664. The number of carbonyl (C=O) groups excluding carboxylic acids is 1. The predicted octanol–water partition coefficient (Wildman–Crippen LogP) is 2.56. The lowest BCUT2D eigenvalue weighted by atomic mass is 10.2. The molecule has 1 aromatic carbocycles. The van der Waals surface area contributed by atoms with Crippen LogP contribution in [0.2, 0.25) is 5.02 Å². The number of anilines is 1. The zero-order valence-electron chi connectivity index (χ0n) is 12.1. The predicted molar refractivity (Wildman–Crippen MR) is 82.8 cm³/mol. The highest BCUT2D eigenvalue weighted by Gasteiger charge is 2.21. The van der Waals surface area contributed by atoms with Gasteiger partial charge in [-0.2, -0.15) is 0 Å². The van der Waals surface area contributed by atoms with Crippen molar-refractivity contribution >= 4 is 23.3 Å². The Hall–Kier alpha value is -1.30. The molecule has 2 amide bonds. The van der Waals surface area contributed by atoms with Gasteiger partial charge in [0, 0.05) is 13.2 Å². The van der Waals surface area contributed by atoms with Gasteiger partial charge in [-0.05, 0) is 37.3 Å². The highest BCUT2D eigenvalue weighted by molar-refractivity contribution is 6.34. The molecule has 5 nitrogen and oxygen atoms in total. The number of aliphatic hydroxyl groups excluding tert-OH is 1. The molecule has 1 aliphatic carbocycles. The fourth-order valence-electron chi connectivity index (χ4n) is 1.84. The number of benzene rings is 1. The van der Waals surface area contributed by atoms with E-state index in [-0.39, 0.29) is 13.2 Å². The summed E-state index contributed by atoms with van der Waals surface area (Å²) in [4.78, 5) is 11.7. The van der Waals surface area contributed by atoms with Crippen molar-refractivity contribution in [2.75, 3.05) is 25.1 Å². The zero-order valence-corrected chi connectivity index (χ0v) is 12.8. The standard InChI is InChI=1S/C15H21ClN2O3/c1-10-3-2-4-13(14(10)16)18-15(20)17-7-12(19)9-21-8-11-5-6-11/h2-4,11-12,19H,5-9H2,1H3,(H2,17,18,20). The molecule has 21 heavy (non-hydrogen) atoms. The third kappa shape index (κ3) is 5.53. The highest BCUT2D eigenvalue weighted by atomic mass is 35.5. The van der Waals surface area contributed by atoms with Crippen molar-refractivity contribution in [2.45, 2.75) is 25.9 Å². The third-order valence-electron chi connectivity index (χ3n) is 3.30. The Morgan fingerprint density at radius 3 is 3.00 bits per heavy atom. The number of amides is 2. The van der Waals surface area contributed by atoms with Crippen LogP contribution in [-0.2, 0) is 4.74 Å². The zero-order chi connectivity index (χ0) is 15.2. The minimum Gasteiger partial charge on any atom is -0.389 e. The second kappa shape index (κ2) is 7.64. The maximum atomic E-state index is 11.7. The molecule has 0 aromatic heterocycles. The summed E-state index contributed by atoms with van der Waals surface area (Å²) in [5.41, 5.74) is 1.44. The van der Waals surface area contributed by atoms with Crippen LogP contribution in [0.4, 0.5) is 10.5 Å². The van der Waals surface area contributed by atoms with Gasteiger partial charge in [0.25, 0.3) is 0 Å². The molecular weight excluding hydrogens is 292 g/mol. The van der Waals surface area contributed by atoms with Crippen LogP contribution in [0, 0.1) is 12.8 Å². The van der Waals surface area contributed by atoms with Gasteiger partial charge in [0.15, 0.2) is 0 Å². The van der Waals surface area contributed by atoms with Crippen molar-refractivity contribution in [3.8, 4) is 0 Å². The molecule has 0 bridgehead atoms. The Bertz CT molecular complexity index is 492. The van der Waals surface area contributed by atoms with E-state index in [1.807, 2.05) is 19.1 Å².